The summed E-state index contributed by atoms with van der Waals surface area (Å²) in [6, 6.07) is 13.5. The number of nitrogens with one attached hydrogen (secondary N) is 1. The van der Waals surface area contributed by atoms with E-state index in [-0.39, 0.29) is 5.56 Å². The van der Waals surface area contributed by atoms with Crippen LogP contribution in [0.4, 0.5) is 5.95 Å². The van der Waals surface area contributed by atoms with Gasteiger partial charge >= 0.3 is 0 Å². The number of aryl methyl sites for hydroxylation is 2. The zero-order valence-corrected chi connectivity index (χ0v) is 14.3. The summed E-state index contributed by atoms with van der Waals surface area (Å²) in [5.41, 5.74) is 2.73. The van der Waals surface area contributed by atoms with Crippen LogP contribution in [0.3, 0.4) is 0 Å². The summed E-state index contributed by atoms with van der Waals surface area (Å²) in [7, 11) is 3.72. The molecule has 25 heavy (non-hydrogen) atoms. The van der Waals surface area contributed by atoms with E-state index >= 15 is 0 Å². The van der Waals surface area contributed by atoms with Gasteiger partial charge in [0, 0.05) is 25.7 Å². The minimum absolute atomic E-state index is 0.194. The number of benzene rings is 1. The topological polar surface area (TPSA) is 74.5 Å². The Bertz CT molecular complexity index is 911. The first-order valence-corrected chi connectivity index (χ1v) is 8.04. The molecule has 0 aliphatic heterocycles. The van der Waals surface area contributed by atoms with Crippen LogP contribution < -0.4 is 5.56 Å². The Hall–Kier alpha value is -3.15. The highest BCUT2D eigenvalue weighted by molar-refractivity contribution is 5.58. The van der Waals surface area contributed by atoms with Gasteiger partial charge in [0.05, 0.1) is 18.3 Å². The molecule has 1 N–H and O–H groups in total. The molecule has 0 saturated carbocycles. The van der Waals surface area contributed by atoms with Crippen LogP contribution >= 0.6 is 0 Å². The first-order chi connectivity index (χ1) is 12.1. The van der Waals surface area contributed by atoms with Crippen LogP contribution in [0.15, 0.2) is 62.9 Å². The van der Waals surface area contributed by atoms with Crippen molar-refractivity contribution in [3.8, 4) is 11.3 Å². The van der Waals surface area contributed by atoms with Crippen molar-refractivity contribution in [3.63, 3.8) is 0 Å². The Kier molecular flexibility index (Phi) is 5.09. The summed E-state index contributed by atoms with van der Waals surface area (Å²) in [5, 5.41) is 0. The van der Waals surface area contributed by atoms with Crippen molar-refractivity contribution >= 4 is 12.3 Å². The lowest BCUT2D eigenvalue weighted by Crippen LogP contribution is -2.11. The molecule has 3 rings (SSSR count). The van der Waals surface area contributed by atoms with E-state index in [9.17, 15) is 4.79 Å². The molecule has 0 unspecified atom stereocenters. The van der Waals surface area contributed by atoms with Gasteiger partial charge in [-0.3, -0.25) is 9.78 Å². The number of aliphatic imine (C=N–C) groups is 1. The third-order valence-corrected chi connectivity index (χ3v) is 3.60. The lowest BCUT2D eigenvalue weighted by molar-refractivity contribution is 0.582. The molecular formula is C19H20N4O2. The van der Waals surface area contributed by atoms with E-state index in [2.05, 4.69) is 27.1 Å². The molecule has 2 aromatic heterocycles. The van der Waals surface area contributed by atoms with Crippen molar-refractivity contribution in [2.45, 2.75) is 12.8 Å². The monoisotopic (exact) mass is 336 g/mol. The van der Waals surface area contributed by atoms with Crippen LogP contribution in [-0.2, 0) is 12.8 Å². The summed E-state index contributed by atoms with van der Waals surface area (Å²) in [5.74, 6) is 1.16. The van der Waals surface area contributed by atoms with Gasteiger partial charge in [-0.2, -0.15) is 0 Å². The predicted octanol–water partition coefficient (Wildman–Crippen LogP) is 3.04. The SMILES string of the molecule is CN(C)/C=N\c1nc(CCc2cccc(-c3ccco3)c2)cc(=O)[nH]1. The second-order valence-corrected chi connectivity index (χ2v) is 5.95. The van der Waals surface area contributed by atoms with Crippen LogP contribution in [-0.4, -0.2) is 35.3 Å². The van der Waals surface area contributed by atoms with E-state index in [4.69, 9.17) is 4.42 Å². The molecule has 2 heterocycles. The molecule has 6 heteroatoms. The Labute approximate surface area is 145 Å². The molecule has 128 valence electrons. The zero-order chi connectivity index (χ0) is 17.6. The average Bonchev–Trinajstić information content (AvgIpc) is 3.13. The van der Waals surface area contributed by atoms with Crippen molar-refractivity contribution in [2.75, 3.05) is 14.1 Å². The van der Waals surface area contributed by atoms with Gasteiger partial charge in [-0.1, -0.05) is 18.2 Å². The minimum Gasteiger partial charge on any atom is -0.464 e. The summed E-state index contributed by atoms with van der Waals surface area (Å²) in [6.45, 7) is 0. The fourth-order valence-electron chi connectivity index (χ4n) is 2.45. The summed E-state index contributed by atoms with van der Waals surface area (Å²) < 4.78 is 5.44. The van der Waals surface area contributed by atoms with E-state index in [1.165, 1.54) is 6.07 Å². The van der Waals surface area contributed by atoms with E-state index in [0.717, 1.165) is 29.0 Å². The molecule has 6 nitrogen and oxygen atoms in total. The van der Waals surface area contributed by atoms with E-state index in [0.29, 0.717) is 12.4 Å². The molecule has 0 aliphatic rings. The second kappa shape index (κ2) is 7.61. The molecule has 0 spiro atoms. The molecule has 0 bridgehead atoms. The van der Waals surface area contributed by atoms with Crippen LogP contribution in [0.25, 0.3) is 11.3 Å². The Morgan fingerprint density at radius 2 is 2.08 bits per heavy atom. The maximum absolute atomic E-state index is 11.8. The molecule has 0 amide bonds. The van der Waals surface area contributed by atoms with Gasteiger partial charge in [0.25, 0.3) is 5.56 Å². The molecule has 1 aromatic carbocycles. The fraction of sp³-hybridized carbons (Fsp3) is 0.211. The second-order valence-electron chi connectivity index (χ2n) is 5.95. The Morgan fingerprint density at radius 1 is 1.20 bits per heavy atom. The number of rotatable bonds is 6. The molecule has 0 saturated heterocycles. The molecular weight excluding hydrogens is 316 g/mol. The minimum atomic E-state index is -0.194. The van der Waals surface area contributed by atoms with Crippen LogP contribution in [0.1, 0.15) is 11.3 Å². The molecule has 3 aromatic rings. The zero-order valence-electron chi connectivity index (χ0n) is 14.3. The highest BCUT2D eigenvalue weighted by atomic mass is 16.3. The smallest absolute Gasteiger partial charge is 0.252 e. The van der Waals surface area contributed by atoms with E-state index in [1.807, 2.05) is 38.4 Å². The normalized spacial score (nSPS) is 11.1. The lowest BCUT2D eigenvalue weighted by atomic mass is 10.0. The summed E-state index contributed by atoms with van der Waals surface area (Å²) in [6.07, 6.45) is 4.71. The largest absolute Gasteiger partial charge is 0.464 e. The molecule has 0 radical (unpaired) electrons. The Balaban J connectivity index is 1.73. The number of hydrogen-bond donors (Lipinski definition) is 1. The summed E-state index contributed by atoms with van der Waals surface area (Å²) in [4.78, 5) is 24.7. The number of hydrogen-bond acceptors (Lipinski definition) is 4. The summed E-state index contributed by atoms with van der Waals surface area (Å²) >= 11 is 0. The molecule has 0 atom stereocenters. The van der Waals surface area contributed by atoms with Gasteiger partial charge in [-0.25, -0.2) is 9.98 Å². The highest BCUT2D eigenvalue weighted by Gasteiger charge is 2.04. The van der Waals surface area contributed by atoms with Gasteiger partial charge in [-0.05, 0) is 36.6 Å². The van der Waals surface area contributed by atoms with E-state index in [1.54, 1.807) is 17.5 Å². The average molecular weight is 336 g/mol. The van der Waals surface area contributed by atoms with Crippen molar-refractivity contribution in [3.05, 3.63) is 70.3 Å². The highest BCUT2D eigenvalue weighted by Crippen LogP contribution is 2.21. The standard InChI is InChI=1S/C19H20N4O2/c1-23(2)13-20-19-21-16(12-18(24)22-19)9-8-14-5-3-6-15(11-14)17-7-4-10-25-17/h3-7,10-13H,8-9H2,1-2H3,(H,21,22,24)/b20-13-. The fourth-order valence-corrected chi connectivity index (χ4v) is 2.45. The first-order valence-electron chi connectivity index (χ1n) is 8.04. The lowest BCUT2D eigenvalue weighted by Gasteiger charge is -2.05. The van der Waals surface area contributed by atoms with Crippen LogP contribution in [0.5, 0.6) is 0 Å². The Morgan fingerprint density at radius 3 is 2.84 bits per heavy atom. The number of furan rings is 1. The third-order valence-electron chi connectivity index (χ3n) is 3.60. The van der Waals surface area contributed by atoms with Crippen LogP contribution in [0.2, 0.25) is 0 Å². The van der Waals surface area contributed by atoms with E-state index < -0.39 is 0 Å². The quantitative estimate of drug-likeness (QED) is 0.554. The maximum Gasteiger partial charge on any atom is 0.252 e. The predicted molar refractivity (Wildman–Crippen MR) is 98.2 cm³/mol. The third kappa shape index (κ3) is 4.67. The number of nitrogens with zero attached hydrogens (tertiary/aromatic N) is 3. The van der Waals surface area contributed by atoms with Gasteiger partial charge in [-0.15, -0.1) is 0 Å². The van der Waals surface area contributed by atoms with Gasteiger partial charge in [0.15, 0.2) is 0 Å². The molecule has 0 aliphatic carbocycles. The number of H-pyrrole nitrogens is 1. The van der Waals surface area contributed by atoms with Crippen molar-refractivity contribution in [1.82, 2.24) is 14.9 Å². The van der Waals surface area contributed by atoms with Crippen LogP contribution in [0, 0.1) is 0 Å². The van der Waals surface area contributed by atoms with Gasteiger partial charge in [0.1, 0.15) is 5.76 Å². The van der Waals surface area contributed by atoms with Gasteiger partial charge < -0.3 is 9.32 Å². The number of aromatic amines is 1. The van der Waals surface area contributed by atoms with Crippen molar-refractivity contribution < 1.29 is 4.42 Å². The van der Waals surface area contributed by atoms with Crippen molar-refractivity contribution in [1.29, 1.82) is 0 Å². The first kappa shape index (κ1) is 16.7. The molecule has 0 fully saturated rings. The van der Waals surface area contributed by atoms with Crippen molar-refractivity contribution in [2.24, 2.45) is 4.99 Å². The van der Waals surface area contributed by atoms with Gasteiger partial charge in [0.2, 0.25) is 5.95 Å². The maximum atomic E-state index is 11.8. The number of aromatic nitrogens is 2.